The Hall–Kier alpha value is -2.43. The first-order chi connectivity index (χ1) is 9.99. The van der Waals surface area contributed by atoms with Crippen LogP contribution in [0.4, 0.5) is 20.2 Å². The van der Waals surface area contributed by atoms with Crippen molar-refractivity contribution in [3.63, 3.8) is 0 Å². The molecule has 110 valence electrons. The van der Waals surface area contributed by atoms with Crippen molar-refractivity contribution in [1.82, 2.24) is 0 Å². The lowest BCUT2D eigenvalue weighted by molar-refractivity contribution is 0.102. The normalized spacial score (nSPS) is 10.3. The third-order valence-corrected chi connectivity index (χ3v) is 2.91. The van der Waals surface area contributed by atoms with Crippen LogP contribution in [0.1, 0.15) is 22.8 Å². The Morgan fingerprint density at radius 1 is 1.10 bits per heavy atom. The minimum Gasteiger partial charge on any atom is -0.385 e. The molecule has 0 saturated carbocycles. The molecule has 0 aliphatic heterocycles. The van der Waals surface area contributed by atoms with E-state index >= 15 is 0 Å². The largest absolute Gasteiger partial charge is 0.385 e. The lowest BCUT2D eigenvalue weighted by atomic mass is 10.1. The average Bonchev–Trinajstić information content (AvgIpc) is 2.37. The molecule has 0 fully saturated rings. The van der Waals surface area contributed by atoms with Gasteiger partial charge < -0.3 is 10.6 Å². The van der Waals surface area contributed by atoms with Crippen LogP contribution in [-0.2, 0) is 0 Å². The van der Waals surface area contributed by atoms with E-state index in [4.69, 9.17) is 0 Å². The van der Waals surface area contributed by atoms with Gasteiger partial charge in [-0.3, -0.25) is 4.79 Å². The van der Waals surface area contributed by atoms with Gasteiger partial charge in [-0.05, 0) is 43.7 Å². The lowest BCUT2D eigenvalue weighted by Crippen LogP contribution is -2.15. The van der Waals surface area contributed by atoms with E-state index in [1.807, 2.05) is 26.0 Å². The summed E-state index contributed by atoms with van der Waals surface area (Å²) >= 11 is 0. The monoisotopic (exact) mass is 290 g/mol. The molecule has 0 heterocycles. The molecule has 21 heavy (non-hydrogen) atoms. The molecule has 0 radical (unpaired) electrons. The summed E-state index contributed by atoms with van der Waals surface area (Å²) in [5.74, 6) is -1.89. The van der Waals surface area contributed by atoms with Crippen molar-refractivity contribution in [3.8, 4) is 0 Å². The Labute approximate surface area is 122 Å². The number of amides is 1. The molecule has 0 atom stereocenters. The van der Waals surface area contributed by atoms with Crippen LogP contribution in [0.2, 0.25) is 0 Å². The van der Waals surface area contributed by atoms with Gasteiger partial charge in [-0.15, -0.1) is 0 Å². The van der Waals surface area contributed by atoms with E-state index in [1.54, 1.807) is 6.07 Å². The molecule has 1 amide bonds. The molecule has 0 saturated heterocycles. The summed E-state index contributed by atoms with van der Waals surface area (Å²) in [7, 11) is 0. The van der Waals surface area contributed by atoms with Crippen molar-refractivity contribution in [1.29, 1.82) is 0 Å². The Morgan fingerprint density at radius 2 is 1.76 bits per heavy atom. The number of carbonyl (C=O) groups is 1. The molecule has 0 aliphatic rings. The van der Waals surface area contributed by atoms with Crippen LogP contribution in [0.5, 0.6) is 0 Å². The van der Waals surface area contributed by atoms with E-state index in [-0.39, 0.29) is 5.69 Å². The van der Waals surface area contributed by atoms with Gasteiger partial charge in [-0.2, -0.15) is 0 Å². The molecule has 0 unspecified atom stereocenters. The maximum absolute atomic E-state index is 13.1. The standard InChI is InChI=1S/C16H16F2N2O/c1-3-19-15-6-10(2)4-5-14(15)16(21)20-13-8-11(17)7-12(18)9-13/h4-9,19H,3H2,1-2H3,(H,20,21). The number of nitrogens with one attached hydrogen (secondary N) is 2. The van der Waals surface area contributed by atoms with Crippen LogP contribution in [0, 0.1) is 18.6 Å². The highest BCUT2D eigenvalue weighted by atomic mass is 19.1. The van der Waals surface area contributed by atoms with Crippen LogP contribution in [0.15, 0.2) is 36.4 Å². The summed E-state index contributed by atoms with van der Waals surface area (Å²) in [5, 5.41) is 5.60. The van der Waals surface area contributed by atoms with E-state index in [1.165, 1.54) is 0 Å². The molecule has 5 heteroatoms. The fourth-order valence-corrected chi connectivity index (χ4v) is 2.02. The van der Waals surface area contributed by atoms with E-state index < -0.39 is 17.5 Å². The molecule has 2 rings (SSSR count). The Kier molecular flexibility index (Phi) is 4.52. The number of anilines is 2. The lowest BCUT2D eigenvalue weighted by Gasteiger charge is -2.12. The van der Waals surface area contributed by atoms with Crippen LogP contribution in [0.25, 0.3) is 0 Å². The Balaban J connectivity index is 2.27. The minimum absolute atomic E-state index is 0.0838. The second-order valence-corrected chi connectivity index (χ2v) is 4.69. The maximum Gasteiger partial charge on any atom is 0.257 e. The number of halogens is 2. The maximum atomic E-state index is 13.1. The molecule has 2 aromatic rings. The number of carbonyl (C=O) groups excluding carboxylic acids is 1. The first-order valence-corrected chi connectivity index (χ1v) is 6.61. The summed E-state index contributed by atoms with van der Waals surface area (Å²) in [6.07, 6.45) is 0. The molecule has 0 bridgehead atoms. The summed E-state index contributed by atoms with van der Waals surface area (Å²) in [5.41, 5.74) is 2.21. The molecular weight excluding hydrogens is 274 g/mol. The molecule has 0 aromatic heterocycles. The number of benzene rings is 2. The fraction of sp³-hybridized carbons (Fsp3) is 0.188. The van der Waals surface area contributed by atoms with Gasteiger partial charge in [0.2, 0.25) is 0 Å². The van der Waals surface area contributed by atoms with Crippen LogP contribution in [-0.4, -0.2) is 12.5 Å². The van der Waals surface area contributed by atoms with Gasteiger partial charge in [0.05, 0.1) is 5.56 Å². The van der Waals surface area contributed by atoms with Crippen molar-refractivity contribution >= 4 is 17.3 Å². The van der Waals surface area contributed by atoms with E-state index in [0.29, 0.717) is 17.8 Å². The van der Waals surface area contributed by atoms with Crippen molar-refractivity contribution in [2.24, 2.45) is 0 Å². The van der Waals surface area contributed by atoms with E-state index in [0.717, 1.165) is 23.8 Å². The highest BCUT2D eigenvalue weighted by molar-refractivity contribution is 6.08. The van der Waals surface area contributed by atoms with Crippen LogP contribution in [0.3, 0.4) is 0 Å². The van der Waals surface area contributed by atoms with Gasteiger partial charge >= 0.3 is 0 Å². The minimum atomic E-state index is -0.735. The third kappa shape index (κ3) is 3.78. The quantitative estimate of drug-likeness (QED) is 0.895. The van der Waals surface area contributed by atoms with Crippen molar-refractivity contribution in [2.45, 2.75) is 13.8 Å². The first-order valence-electron chi connectivity index (χ1n) is 6.61. The predicted octanol–water partition coefficient (Wildman–Crippen LogP) is 3.96. The van der Waals surface area contributed by atoms with Gasteiger partial charge in [-0.25, -0.2) is 8.78 Å². The summed E-state index contributed by atoms with van der Waals surface area (Å²) in [6.45, 7) is 4.51. The molecule has 0 aliphatic carbocycles. The zero-order valence-electron chi connectivity index (χ0n) is 11.8. The summed E-state index contributed by atoms with van der Waals surface area (Å²) in [4.78, 5) is 12.2. The molecule has 3 nitrogen and oxygen atoms in total. The topological polar surface area (TPSA) is 41.1 Å². The third-order valence-electron chi connectivity index (χ3n) is 2.91. The Morgan fingerprint density at radius 3 is 2.38 bits per heavy atom. The second kappa shape index (κ2) is 6.35. The zero-order valence-corrected chi connectivity index (χ0v) is 11.8. The van der Waals surface area contributed by atoms with Gasteiger partial charge in [0, 0.05) is 24.0 Å². The highest BCUT2D eigenvalue weighted by Gasteiger charge is 2.12. The van der Waals surface area contributed by atoms with Crippen LogP contribution < -0.4 is 10.6 Å². The van der Waals surface area contributed by atoms with E-state index in [9.17, 15) is 13.6 Å². The number of rotatable bonds is 4. The number of aryl methyl sites for hydroxylation is 1. The first kappa shape index (κ1) is 15.0. The van der Waals surface area contributed by atoms with Gasteiger partial charge in [0.15, 0.2) is 0 Å². The molecule has 0 spiro atoms. The molecular formula is C16H16F2N2O. The molecule has 2 aromatic carbocycles. The fourth-order valence-electron chi connectivity index (χ4n) is 2.02. The zero-order chi connectivity index (χ0) is 15.4. The predicted molar refractivity (Wildman–Crippen MR) is 79.7 cm³/mol. The summed E-state index contributed by atoms with van der Waals surface area (Å²) in [6, 6.07) is 8.24. The smallest absolute Gasteiger partial charge is 0.257 e. The van der Waals surface area contributed by atoms with Gasteiger partial charge in [-0.1, -0.05) is 6.07 Å². The number of hydrogen-bond donors (Lipinski definition) is 2. The van der Waals surface area contributed by atoms with Crippen molar-refractivity contribution < 1.29 is 13.6 Å². The van der Waals surface area contributed by atoms with Crippen molar-refractivity contribution in [2.75, 3.05) is 17.2 Å². The average molecular weight is 290 g/mol. The molecule has 2 N–H and O–H groups in total. The van der Waals surface area contributed by atoms with E-state index in [2.05, 4.69) is 10.6 Å². The van der Waals surface area contributed by atoms with Crippen molar-refractivity contribution in [3.05, 3.63) is 59.2 Å². The second-order valence-electron chi connectivity index (χ2n) is 4.69. The van der Waals surface area contributed by atoms with Gasteiger partial charge in [0.25, 0.3) is 5.91 Å². The Bertz CT molecular complexity index is 651. The number of hydrogen-bond acceptors (Lipinski definition) is 2. The summed E-state index contributed by atoms with van der Waals surface area (Å²) < 4.78 is 26.3. The van der Waals surface area contributed by atoms with Crippen LogP contribution >= 0.6 is 0 Å². The SMILES string of the molecule is CCNc1cc(C)ccc1C(=O)Nc1cc(F)cc(F)c1. The van der Waals surface area contributed by atoms with Gasteiger partial charge in [0.1, 0.15) is 11.6 Å². The highest BCUT2D eigenvalue weighted by Crippen LogP contribution is 2.20.